The van der Waals surface area contributed by atoms with E-state index in [4.69, 9.17) is 4.74 Å². The number of carbonyl (C=O) groups excluding carboxylic acids is 1. The van der Waals surface area contributed by atoms with Gasteiger partial charge in [-0.05, 0) is 19.1 Å². The molecule has 2 rings (SSSR count). The molecule has 0 saturated carbocycles. The van der Waals surface area contributed by atoms with Gasteiger partial charge < -0.3 is 4.74 Å². The molecule has 0 spiro atoms. The lowest BCUT2D eigenvalue weighted by molar-refractivity contribution is 0.216. The van der Waals surface area contributed by atoms with E-state index in [0.717, 1.165) is 4.88 Å². The van der Waals surface area contributed by atoms with Crippen LogP contribution in [0.1, 0.15) is 4.88 Å². The molecule has 15 heavy (non-hydrogen) atoms. The van der Waals surface area contributed by atoms with Gasteiger partial charge in [-0.2, -0.15) is 0 Å². The lowest BCUT2D eigenvalue weighted by Gasteiger charge is -2.00. The summed E-state index contributed by atoms with van der Waals surface area (Å²) in [5.41, 5.74) is 0. The molecule has 0 fully saturated rings. The van der Waals surface area contributed by atoms with Crippen LogP contribution < -0.4 is 10.1 Å². The van der Waals surface area contributed by atoms with E-state index in [9.17, 15) is 4.79 Å². The van der Waals surface area contributed by atoms with Crippen LogP contribution in [-0.2, 0) is 0 Å². The Kier molecular flexibility index (Phi) is 2.98. The maximum absolute atomic E-state index is 11.3. The van der Waals surface area contributed by atoms with Crippen LogP contribution in [0.5, 0.6) is 5.06 Å². The smallest absolute Gasteiger partial charge is 0.399 e. The van der Waals surface area contributed by atoms with Crippen molar-refractivity contribution in [3.63, 3.8) is 0 Å². The molecule has 4 nitrogen and oxygen atoms in total. The van der Waals surface area contributed by atoms with Crippen LogP contribution >= 0.6 is 22.7 Å². The highest BCUT2D eigenvalue weighted by Gasteiger charge is 2.07. The van der Waals surface area contributed by atoms with Gasteiger partial charge in [0.05, 0.1) is 0 Å². The van der Waals surface area contributed by atoms with Crippen LogP contribution in [-0.4, -0.2) is 11.1 Å². The van der Waals surface area contributed by atoms with Crippen molar-refractivity contribution in [2.45, 2.75) is 6.92 Å². The Labute approximate surface area is 94.5 Å². The maximum Gasteiger partial charge on any atom is 0.419 e. The first-order valence-corrected chi connectivity index (χ1v) is 5.88. The molecule has 1 N–H and O–H groups in total. The molecule has 0 aliphatic carbocycles. The fraction of sp³-hybridized carbons (Fsp3) is 0.111. The number of anilines is 1. The van der Waals surface area contributed by atoms with Crippen molar-refractivity contribution < 1.29 is 9.53 Å². The highest BCUT2D eigenvalue weighted by molar-refractivity contribution is 7.14. The van der Waals surface area contributed by atoms with E-state index in [-0.39, 0.29) is 0 Å². The van der Waals surface area contributed by atoms with E-state index in [0.29, 0.717) is 10.2 Å². The number of rotatable bonds is 2. The molecule has 0 saturated heterocycles. The molecule has 6 heteroatoms. The van der Waals surface area contributed by atoms with Crippen LogP contribution in [0.2, 0.25) is 0 Å². The lowest BCUT2D eigenvalue weighted by Crippen LogP contribution is -2.15. The predicted octanol–water partition coefficient (Wildman–Crippen LogP) is 3.12. The second-order valence-electron chi connectivity index (χ2n) is 2.72. The monoisotopic (exact) mass is 240 g/mol. The quantitative estimate of drug-likeness (QED) is 0.877. The third-order valence-electron chi connectivity index (χ3n) is 1.55. The van der Waals surface area contributed by atoms with Crippen LogP contribution in [0.3, 0.4) is 0 Å². The number of hydrogen-bond acceptors (Lipinski definition) is 5. The number of amides is 1. The van der Waals surface area contributed by atoms with Crippen LogP contribution in [0.25, 0.3) is 0 Å². The van der Waals surface area contributed by atoms with Crippen molar-refractivity contribution >= 4 is 33.9 Å². The minimum atomic E-state index is -0.508. The summed E-state index contributed by atoms with van der Waals surface area (Å²) in [5.74, 6) is 0. The van der Waals surface area contributed by atoms with Gasteiger partial charge in [-0.15, -0.1) is 22.7 Å². The first kappa shape index (κ1) is 10.1. The number of nitrogens with one attached hydrogen (secondary N) is 1. The van der Waals surface area contributed by atoms with E-state index in [2.05, 4.69) is 10.3 Å². The average Bonchev–Trinajstić information content (AvgIpc) is 2.77. The van der Waals surface area contributed by atoms with E-state index >= 15 is 0 Å². The van der Waals surface area contributed by atoms with Crippen molar-refractivity contribution in [2.75, 3.05) is 5.32 Å². The van der Waals surface area contributed by atoms with Crippen molar-refractivity contribution in [1.29, 1.82) is 0 Å². The normalized spacial score (nSPS) is 9.93. The molecule has 0 unspecified atom stereocenters. The Balaban J connectivity index is 1.93. The molecule has 78 valence electrons. The standard InChI is InChI=1S/C9H8N2O2S2/c1-6-2-3-7(15-6)13-9(12)11-8-10-4-5-14-8/h2-5H,1H3,(H,10,11,12). The molecule has 2 aromatic rings. The zero-order valence-corrected chi connectivity index (χ0v) is 9.52. The highest BCUT2D eigenvalue weighted by atomic mass is 32.1. The topological polar surface area (TPSA) is 51.2 Å². The Morgan fingerprint density at radius 1 is 1.53 bits per heavy atom. The van der Waals surface area contributed by atoms with Crippen molar-refractivity contribution in [3.8, 4) is 5.06 Å². The molecular formula is C9H8N2O2S2. The summed E-state index contributed by atoms with van der Waals surface area (Å²) in [6, 6.07) is 3.66. The SMILES string of the molecule is Cc1ccc(OC(=O)Nc2nccs2)s1. The zero-order valence-electron chi connectivity index (χ0n) is 7.89. The number of thiophene rings is 1. The van der Waals surface area contributed by atoms with Gasteiger partial charge >= 0.3 is 6.09 Å². The van der Waals surface area contributed by atoms with Gasteiger partial charge in [0.25, 0.3) is 0 Å². The van der Waals surface area contributed by atoms with E-state index in [1.165, 1.54) is 22.7 Å². The number of ether oxygens (including phenoxy) is 1. The molecule has 0 aromatic carbocycles. The van der Waals surface area contributed by atoms with Crippen molar-refractivity contribution in [2.24, 2.45) is 0 Å². The fourth-order valence-electron chi connectivity index (χ4n) is 0.956. The Morgan fingerprint density at radius 3 is 3.00 bits per heavy atom. The molecular weight excluding hydrogens is 232 g/mol. The Morgan fingerprint density at radius 2 is 2.40 bits per heavy atom. The third kappa shape index (κ3) is 2.77. The third-order valence-corrected chi connectivity index (χ3v) is 3.12. The summed E-state index contributed by atoms with van der Waals surface area (Å²) in [6.07, 6.45) is 1.11. The molecule has 0 bridgehead atoms. The summed E-state index contributed by atoms with van der Waals surface area (Å²) in [5, 5.41) is 5.44. The molecule has 2 aromatic heterocycles. The number of thiazole rings is 1. The second kappa shape index (κ2) is 4.41. The van der Waals surface area contributed by atoms with E-state index < -0.39 is 6.09 Å². The summed E-state index contributed by atoms with van der Waals surface area (Å²) >= 11 is 2.78. The average molecular weight is 240 g/mol. The lowest BCUT2D eigenvalue weighted by atomic mass is 10.5. The Bertz CT molecular complexity index is 450. The van der Waals surface area contributed by atoms with Gasteiger partial charge in [0.1, 0.15) is 0 Å². The van der Waals surface area contributed by atoms with Gasteiger partial charge in [0.15, 0.2) is 10.2 Å². The summed E-state index contributed by atoms with van der Waals surface area (Å²) < 4.78 is 5.04. The van der Waals surface area contributed by atoms with Crippen LogP contribution in [0, 0.1) is 6.92 Å². The van der Waals surface area contributed by atoms with Crippen molar-refractivity contribution in [1.82, 2.24) is 4.98 Å². The number of carbonyl (C=O) groups is 1. The van der Waals surface area contributed by atoms with Gasteiger partial charge in [-0.25, -0.2) is 9.78 Å². The number of hydrogen-bond donors (Lipinski definition) is 1. The second-order valence-corrected chi connectivity index (χ2v) is 4.86. The zero-order chi connectivity index (χ0) is 10.7. The van der Waals surface area contributed by atoms with Crippen LogP contribution in [0.4, 0.5) is 9.93 Å². The van der Waals surface area contributed by atoms with Gasteiger partial charge in [0.2, 0.25) is 0 Å². The minimum absolute atomic E-state index is 0.508. The van der Waals surface area contributed by atoms with E-state index in [1.807, 2.05) is 13.0 Å². The number of aromatic nitrogens is 1. The number of aryl methyl sites for hydroxylation is 1. The fourth-order valence-corrected chi connectivity index (χ4v) is 2.18. The van der Waals surface area contributed by atoms with Gasteiger partial charge in [-0.3, -0.25) is 5.32 Å². The van der Waals surface area contributed by atoms with Gasteiger partial charge in [0, 0.05) is 16.5 Å². The number of nitrogens with zero attached hydrogens (tertiary/aromatic N) is 1. The predicted molar refractivity (Wildman–Crippen MR) is 60.8 cm³/mol. The first-order chi connectivity index (χ1) is 7.24. The minimum Gasteiger partial charge on any atom is -0.399 e. The first-order valence-electron chi connectivity index (χ1n) is 4.19. The molecule has 0 aliphatic rings. The summed E-state index contributed by atoms with van der Waals surface area (Å²) in [6.45, 7) is 1.95. The molecule has 2 heterocycles. The highest BCUT2D eigenvalue weighted by Crippen LogP contribution is 2.23. The largest absolute Gasteiger partial charge is 0.419 e. The molecule has 0 atom stereocenters. The summed E-state index contributed by atoms with van der Waals surface area (Å²) in [4.78, 5) is 16.3. The molecule has 0 aliphatic heterocycles. The summed E-state index contributed by atoms with van der Waals surface area (Å²) in [7, 11) is 0. The Hall–Kier alpha value is -1.40. The van der Waals surface area contributed by atoms with Crippen molar-refractivity contribution in [3.05, 3.63) is 28.6 Å². The maximum atomic E-state index is 11.3. The molecule has 1 amide bonds. The van der Waals surface area contributed by atoms with E-state index in [1.54, 1.807) is 17.6 Å². The van der Waals surface area contributed by atoms with Gasteiger partial charge in [-0.1, -0.05) is 0 Å². The molecule has 0 radical (unpaired) electrons. The van der Waals surface area contributed by atoms with Crippen LogP contribution in [0.15, 0.2) is 23.7 Å².